The highest BCUT2D eigenvalue weighted by Gasteiger charge is 2.27. The normalized spacial score (nSPS) is 13.0. The van der Waals surface area contributed by atoms with E-state index in [4.69, 9.17) is 30.1 Å². The highest BCUT2D eigenvalue weighted by molar-refractivity contribution is 7.53. The molecule has 0 aromatic rings. The Hall–Kier alpha value is 0.1000. The Bertz CT molecular complexity index is 280. The Morgan fingerprint density at radius 1 is 1.00 bits per heavy atom. The SMILES string of the molecule is CC(C)OP(=O)(COC/C=C\COCCl)OC(C)C. The molecule has 0 aliphatic rings. The van der Waals surface area contributed by atoms with E-state index in [0.717, 1.165) is 0 Å². The summed E-state index contributed by atoms with van der Waals surface area (Å²) in [5.41, 5.74) is 0. The molecule has 0 atom stereocenters. The van der Waals surface area contributed by atoms with Gasteiger partial charge in [-0.2, -0.15) is 0 Å². The number of alkyl halides is 1. The molecule has 0 N–H and O–H groups in total. The van der Waals surface area contributed by atoms with Crippen LogP contribution in [0, 0.1) is 0 Å². The van der Waals surface area contributed by atoms with Crippen LogP contribution in [0.2, 0.25) is 0 Å². The highest BCUT2D eigenvalue weighted by atomic mass is 35.5. The van der Waals surface area contributed by atoms with Crippen molar-refractivity contribution in [3.8, 4) is 0 Å². The van der Waals surface area contributed by atoms with Crippen LogP contribution in [-0.4, -0.2) is 37.8 Å². The maximum Gasteiger partial charge on any atom is 0.356 e. The molecule has 0 spiro atoms. The van der Waals surface area contributed by atoms with Crippen molar-refractivity contribution >= 4 is 19.2 Å². The molecule has 114 valence electrons. The summed E-state index contributed by atoms with van der Waals surface area (Å²) in [6.45, 7) is 7.97. The zero-order valence-electron chi connectivity index (χ0n) is 12.0. The second-order valence-corrected chi connectivity index (χ2v) is 6.49. The molecule has 0 aliphatic carbocycles. The van der Waals surface area contributed by atoms with Gasteiger partial charge in [-0.3, -0.25) is 4.57 Å². The average molecular weight is 315 g/mol. The average Bonchev–Trinajstić information content (AvgIpc) is 2.25. The first-order valence-corrected chi connectivity index (χ1v) is 8.48. The molecule has 0 aliphatic heterocycles. The molecule has 0 saturated carbocycles. The molecular formula is C12H24ClO5P. The molecule has 0 aromatic heterocycles. The van der Waals surface area contributed by atoms with Crippen molar-refractivity contribution in [3.05, 3.63) is 12.2 Å². The van der Waals surface area contributed by atoms with Crippen molar-refractivity contribution in [2.75, 3.05) is 25.6 Å². The van der Waals surface area contributed by atoms with Crippen LogP contribution in [0.3, 0.4) is 0 Å². The Morgan fingerprint density at radius 3 is 1.89 bits per heavy atom. The first kappa shape index (κ1) is 19.1. The van der Waals surface area contributed by atoms with E-state index in [1.54, 1.807) is 39.8 Å². The molecule has 0 bridgehead atoms. The van der Waals surface area contributed by atoms with Gasteiger partial charge in [0, 0.05) is 0 Å². The van der Waals surface area contributed by atoms with Crippen LogP contribution >= 0.6 is 19.2 Å². The fourth-order valence-corrected chi connectivity index (χ4v) is 3.08. The fraction of sp³-hybridized carbons (Fsp3) is 0.833. The maximum absolute atomic E-state index is 12.3. The fourth-order valence-electron chi connectivity index (χ4n) is 1.21. The molecule has 0 aromatic carbocycles. The van der Waals surface area contributed by atoms with Gasteiger partial charge in [-0.25, -0.2) is 0 Å². The lowest BCUT2D eigenvalue weighted by Crippen LogP contribution is -2.11. The van der Waals surface area contributed by atoms with E-state index in [-0.39, 0.29) is 24.6 Å². The summed E-state index contributed by atoms with van der Waals surface area (Å²) >= 11 is 5.34. The predicted octanol–water partition coefficient (Wildman–Crippen LogP) is 3.77. The standard InChI is InChI=1S/C12H24ClO5P/c1-11(2)17-19(14,18-12(3)4)10-16-8-6-5-7-15-9-13/h5-6,11-12H,7-10H2,1-4H3/b6-5-. The van der Waals surface area contributed by atoms with Crippen molar-refractivity contribution in [2.24, 2.45) is 0 Å². The summed E-state index contributed by atoms with van der Waals surface area (Å²) in [5.74, 6) is 0. The molecular weight excluding hydrogens is 291 g/mol. The number of halogens is 1. The summed E-state index contributed by atoms with van der Waals surface area (Å²) < 4.78 is 33.2. The van der Waals surface area contributed by atoms with Gasteiger partial charge in [0.05, 0.1) is 25.4 Å². The van der Waals surface area contributed by atoms with Crippen LogP contribution in [0.1, 0.15) is 27.7 Å². The molecule has 0 radical (unpaired) electrons. The highest BCUT2D eigenvalue weighted by Crippen LogP contribution is 2.50. The van der Waals surface area contributed by atoms with Crippen molar-refractivity contribution in [3.63, 3.8) is 0 Å². The molecule has 0 saturated heterocycles. The van der Waals surface area contributed by atoms with Gasteiger partial charge < -0.3 is 18.5 Å². The lowest BCUT2D eigenvalue weighted by atomic mass is 10.5. The first-order chi connectivity index (χ1) is 8.89. The zero-order valence-corrected chi connectivity index (χ0v) is 13.7. The third-order valence-corrected chi connectivity index (χ3v) is 3.80. The van der Waals surface area contributed by atoms with E-state index in [1.807, 2.05) is 0 Å². The number of hydrogen-bond donors (Lipinski definition) is 0. The van der Waals surface area contributed by atoms with E-state index in [0.29, 0.717) is 13.2 Å². The minimum atomic E-state index is -3.20. The van der Waals surface area contributed by atoms with Crippen LogP contribution < -0.4 is 0 Å². The Labute approximate surface area is 120 Å². The summed E-state index contributed by atoms with van der Waals surface area (Å²) in [6.07, 6.45) is 3.12. The molecule has 7 heteroatoms. The van der Waals surface area contributed by atoms with Crippen molar-refractivity contribution in [1.82, 2.24) is 0 Å². The van der Waals surface area contributed by atoms with E-state index in [2.05, 4.69) is 0 Å². The Morgan fingerprint density at radius 2 is 1.47 bits per heavy atom. The van der Waals surface area contributed by atoms with Crippen LogP contribution in [-0.2, 0) is 23.1 Å². The minimum absolute atomic E-state index is 0.0654. The third-order valence-electron chi connectivity index (χ3n) is 1.66. The quantitative estimate of drug-likeness (QED) is 0.251. The van der Waals surface area contributed by atoms with Gasteiger partial charge in [0.25, 0.3) is 0 Å². The van der Waals surface area contributed by atoms with Gasteiger partial charge in [0.15, 0.2) is 0 Å². The van der Waals surface area contributed by atoms with E-state index in [1.165, 1.54) is 0 Å². The summed E-state index contributed by atoms with van der Waals surface area (Å²) in [4.78, 5) is 0. The number of ether oxygens (including phenoxy) is 2. The molecule has 0 amide bonds. The van der Waals surface area contributed by atoms with Gasteiger partial charge in [-0.15, -0.1) is 0 Å². The van der Waals surface area contributed by atoms with Crippen LogP contribution in [0.15, 0.2) is 12.2 Å². The molecule has 0 rings (SSSR count). The predicted molar refractivity (Wildman–Crippen MR) is 76.7 cm³/mol. The van der Waals surface area contributed by atoms with Gasteiger partial charge in [0.2, 0.25) is 0 Å². The molecule has 5 nitrogen and oxygen atoms in total. The lowest BCUT2D eigenvalue weighted by Gasteiger charge is -2.22. The topological polar surface area (TPSA) is 54.0 Å². The summed E-state index contributed by atoms with van der Waals surface area (Å²) in [7, 11) is -3.20. The molecule has 0 fully saturated rings. The monoisotopic (exact) mass is 314 g/mol. The van der Waals surface area contributed by atoms with E-state index in [9.17, 15) is 4.57 Å². The Kier molecular flexibility index (Phi) is 10.9. The zero-order chi connectivity index (χ0) is 14.7. The van der Waals surface area contributed by atoms with E-state index >= 15 is 0 Å². The maximum atomic E-state index is 12.3. The van der Waals surface area contributed by atoms with Gasteiger partial charge in [-0.05, 0) is 27.7 Å². The summed E-state index contributed by atoms with van der Waals surface area (Å²) in [5, 5.41) is 0. The van der Waals surface area contributed by atoms with Crippen LogP contribution in [0.4, 0.5) is 0 Å². The van der Waals surface area contributed by atoms with Gasteiger partial charge in [0.1, 0.15) is 12.4 Å². The molecule has 0 unspecified atom stereocenters. The third kappa shape index (κ3) is 11.6. The van der Waals surface area contributed by atoms with Crippen molar-refractivity contribution in [2.45, 2.75) is 39.9 Å². The van der Waals surface area contributed by atoms with Gasteiger partial charge in [-0.1, -0.05) is 23.8 Å². The second kappa shape index (κ2) is 10.8. The first-order valence-electron chi connectivity index (χ1n) is 6.22. The van der Waals surface area contributed by atoms with Crippen LogP contribution in [0.25, 0.3) is 0 Å². The second-order valence-electron chi connectivity index (χ2n) is 4.37. The van der Waals surface area contributed by atoms with E-state index < -0.39 is 7.60 Å². The molecule has 0 heterocycles. The van der Waals surface area contributed by atoms with Crippen molar-refractivity contribution < 1.29 is 23.1 Å². The number of rotatable bonds is 11. The number of hydrogen-bond acceptors (Lipinski definition) is 5. The van der Waals surface area contributed by atoms with Crippen LogP contribution in [0.5, 0.6) is 0 Å². The molecule has 19 heavy (non-hydrogen) atoms. The smallest absolute Gasteiger partial charge is 0.356 e. The summed E-state index contributed by atoms with van der Waals surface area (Å²) in [6, 6.07) is 0.158. The lowest BCUT2D eigenvalue weighted by molar-refractivity contribution is 0.107. The largest absolute Gasteiger partial charge is 0.365 e. The Balaban J connectivity index is 4.06. The van der Waals surface area contributed by atoms with Gasteiger partial charge >= 0.3 is 7.60 Å². The minimum Gasteiger partial charge on any atom is -0.365 e. The van der Waals surface area contributed by atoms with Crippen molar-refractivity contribution in [1.29, 1.82) is 0 Å².